The number of rotatable bonds is 5. The summed E-state index contributed by atoms with van der Waals surface area (Å²) in [5.74, 6) is 0. The molecule has 0 spiro atoms. The molecule has 1 aromatic heterocycles. The summed E-state index contributed by atoms with van der Waals surface area (Å²) in [6.07, 6.45) is 3.27. The smallest absolute Gasteiger partial charge is 0.137 e. The highest BCUT2D eigenvalue weighted by Crippen LogP contribution is 2.14. The van der Waals surface area contributed by atoms with Gasteiger partial charge < -0.3 is 5.32 Å². The average Bonchev–Trinajstić information content (AvgIpc) is 2.79. The predicted octanol–water partition coefficient (Wildman–Crippen LogP) is 1.83. The van der Waals surface area contributed by atoms with Gasteiger partial charge in [-0.3, -0.25) is 4.68 Å². The van der Waals surface area contributed by atoms with Gasteiger partial charge in [-0.1, -0.05) is 34.1 Å². The molecule has 1 N–H and O–H groups in total. The fraction of sp³-hybridized carbons (Fsp3) is 0.273. The van der Waals surface area contributed by atoms with Gasteiger partial charge >= 0.3 is 0 Å². The SMILES string of the molecule is Brc1ccccc1CNCCn1cncn1. The molecule has 0 amide bonds. The summed E-state index contributed by atoms with van der Waals surface area (Å²) in [5, 5.41) is 7.40. The highest BCUT2D eigenvalue weighted by atomic mass is 79.9. The molecule has 16 heavy (non-hydrogen) atoms. The Labute approximate surface area is 103 Å². The van der Waals surface area contributed by atoms with E-state index in [0.29, 0.717) is 0 Å². The van der Waals surface area contributed by atoms with E-state index in [1.165, 1.54) is 5.56 Å². The van der Waals surface area contributed by atoms with Crippen LogP contribution in [0.5, 0.6) is 0 Å². The van der Waals surface area contributed by atoms with E-state index in [1.54, 1.807) is 12.7 Å². The van der Waals surface area contributed by atoms with Crippen molar-refractivity contribution in [2.45, 2.75) is 13.1 Å². The van der Waals surface area contributed by atoms with E-state index in [1.807, 2.05) is 16.8 Å². The second-order valence-corrected chi connectivity index (χ2v) is 4.28. The van der Waals surface area contributed by atoms with Crippen LogP contribution in [-0.4, -0.2) is 21.3 Å². The van der Waals surface area contributed by atoms with Gasteiger partial charge in [0.2, 0.25) is 0 Å². The Morgan fingerprint density at radius 2 is 2.19 bits per heavy atom. The Kier molecular flexibility index (Phi) is 4.07. The molecule has 84 valence electrons. The van der Waals surface area contributed by atoms with Gasteiger partial charge in [0, 0.05) is 17.6 Å². The van der Waals surface area contributed by atoms with Crippen LogP contribution in [0.1, 0.15) is 5.56 Å². The second kappa shape index (κ2) is 5.77. The number of hydrogen-bond donors (Lipinski definition) is 1. The predicted molar refractivity (Wildman–Crippen MR) is 65.9 cm³/mol. The first kappa shape index (κ1) is 11.3. The van der Waals surface area contributed by atoms with Crippen molar-refractivity contribution in [3.63, 3.8) is 0 Å². The molecule has 1 heterocycles. The molecule has 5 heteroatoms. The van der Waals surface area contributed by atoms with E-state index in [4.69, 9.17) is 0 Å². The maximum Gasteiger partial charge on any atom is 0.137 e. The summed E-state index contributed by atoms with van der Waals surface area (Å²) >= 11 is 3.52. The summed E-state index contributed by atoms with van der Waals surface area (Å²) in [5.41, 5.74) is 1.26. The molecule has 0 radical (unpaired) electrons. The molecule has 0 unspecified atom stereocenters. The van der Waals surface area contributed by atoms with Crippen molar-refractivity contribution < 1.29 is 0 Å². The first-order valence-corrected chi connectivity index (χ1v) is 5.92. The molecule has 1 aromatic carbocycles. The number of benzene rings is 1. The van der Waals surface area contributed by atoms with Crippen molar-refractivity contribution in [2.75, 3.05) is 6.54 Å². The Balaban J connectivity index is 1.74. The molecule has 2 aromatic rings. The topological polar surface area (TPSA) is 42.7 Å². The van der Waals surface area contributed by atoms with Crippen molar-refractivity contribution >= 4 is 15.9 Å². The average molecular weight is 281 g/mol. The molecule has 0 fully saturated rings. The van der Waals surface area contributed by atoms with Gasteiger partial charge in [0.1, 0.15) is 12.7 Å². The van der Waals surface area contributed by atoms with E-state index in [0.717, 1.165) is 24.1 Å². The van der Waals surface area contributed by atoms with Crippen LogP contribution in [0.15, 0.2) is 41.4 Å². The molecule has 0 aliphatic carbocycles. The van der Waals surface area contributed by atoms with Gasteiger partial charge in [0.25, 0.3) is 0 Å². The standard InChI is InChI=1S/C11H13BrN4/c12-11-4-2-1-3-10(11)7-13-5-6-16-9-14-8-15-16/h1-4,8-9,13H,5-7H2. The van der Waals surface area contributed by atoms with E-state index in [-0.39, 0.29) is 0 Å². The van der Waals surface area contributed by atoms with E-state index < -0.39 is 0 Å². The lowest BCUT2D eigenvalue weighted by Crippen LogP contribution is -2.19. The minimum atomic E-state index is 0.838. The number of nitrogens with zero attached hydrogens (tertiary/aromatic N) is 3. The first-order chi connectivity index (χ1) is 7.86. The molecular formula is C11H13BrN4. The van der Waals surface area contributed by atoms with Crippen LogP contribution < -0.4 is 5.32 Å². The Bertz CT molecular complexity index is 427. The van der Waals surface area contributed by atoms with Gasteiger partial charge in [0.15, 0.2) is 0 Å². The van der Waals surface area contributed by atoms with Crippen LogP contribution in [0.25, 0.3) is 0 Å². The lowest BCUT2D eigenvalue weighted by atomic mass is 10.2. The van der Waals surface area contributed by atoms with Gasteiger partial charge in [-0.05, 0) is 11.6 Å². The highest BCUT2D eigenvalue weighted by molar-refractivity contribution is 9.10. The molecular weight excluding hydrogens is 268 g/mol. The number of nitrogens with one attached hydrogen (secondary N) is 1. The molecule has 4 nitrogen and oxygen atoms in total. The zero-order chi connectivity index (χ0) is 11.2. The van der Waals surface area contributed by atoms with E-state index >= 15 is 0 Å². The molecule has 0 aliphatic rings. The fourth-order valence-electron chi connectivity index (χ4n) is 1.41. The monoisotopic (exact) mass is 280 g/mol. The zero-order valence-electron chi connectivity index (χ0n) is 8.81. The Morgan fingerprint density at radius 3 is 2.94 bits per heavy atom. The summed E-state index contributed by atoms with van der Waals surface area (Å²) in [4.78, 5) is 3.89. The normalized spacial score (nSPS) is 10.6. The Hall–Kier alpha value is -1.20. The summed E-state index contributed by atoms with van der Waals surface area (Å²) in [6, 6.07) is 8.21. The van der Waals surface area contributed by atoms with Crippen LogP contribution in [0.2, 0.25) is 0 Å². The maximum absolute atomic E-state index is 4.03. The molecule has 2 rings (SSSR count). The van der Waals surface area contributed by atoms with Crippen molar-refractivity contribution in [1.82, 2.24) is 20.1 Å². The van der Waals surface area contributed by atoms with Crippen molar-refractivity contribution in [3.05, 3.63) is 47.0 Å². The van der Waals surface area contributed by atoms with Crippen LogP contribution in [0, 0.1) is 0 Å². The molecule has 0 atom stereocenters. The molecule has 0 aliphatic heterocycles. The molecule has 0 saturated heterocycles. The lowest BCUT2D eigenvalue weighted by molar-refractivity contribution is 0.553. The van der Waals surface area contributed by atoms with E-state index in [9.17, 15) is 0 Å². The minimum Gasteiger partial charge on any atom is -0.311 e. The third kappa shape index (κ3) is 3.15. The minimum absolute atomic E-state index is 0.838. The van der Waals surface area contributed by atoms with Crippen molar-refractivity contribution in [3.8, 4) is 0 Å². The van der Waals surface area contributed by atoms with Crippen molar-refractivity contribution in [2.24, 2.45) is 0 Å². The summed E-state index contributed by atoms with van der Waals surface area (Å²) in [6.45, 7) is 2.57. The number of hydrogen-bond acceptors (Lipinski definition) is 3. The number of halogens is 1. The van der Waals surface area contributed by atoms with Gasteiger partial charge in [-0.2, -0.15) is 5.10 Å². The third-order valence-corrected chi connectivity index (χ3v) is 3.03. The third-order valence-electron chi connectivity index (χ3n) is 2.26. The number of aromatic nitrogens is 3. The van der Waals surface area contributed by atoms with Crippen LogP contribution in [0.4, 0.5) is 0 Å². The first-order valence-electron chi connectivity index (χ1n) is 5.13. The molecule has 0 saturated carbocycles. The second-order valence-electron chi connectivity index (χ2n) is 3.43. The van der Waals surface area contributed by atoms with Gasteiger partial charge in [-0.15, -0.1) is 0 Å². The highest BCUT2D eigenvalue weighted by Gasteiger charge is 1.97. The largest absolute Gasteiger partial charge is 0.311 e. The summed E-state index contributed by atoms with van der Waals surface area (Å²) < 4.78 is 2.95. The Morgan fingerprint density at radius 1 is 1.31 bits per heavy atom. The summed E-state index contributed by atoms with van der Waals surface area (Å²) in [7, 11) is 0. The van der Waals surface area contributed by atoms with Crippen LogP contribution in [0.3, 0.4) is 0 Å². The lowest BCUT2D eigenvalue weighted by Gasteiger charge is -2.06. The van der Waals surface area contributed by atoms with Crippen LogP contribution in [-0.2, 0) is 13.1 Å². The zero-order valence-corrected chi connectivity index (χ0v) is 10.4. The quantitative estimate of drug-likeness (QED) is 0.850. The van der Waals surface area contributed by atoms with Crippen molar-refractivity contribution in [1.29, 1.82) is 0 Å². The van der Waals surface area contributed by atoms with Crippen LogP contribution >= 0.6 is 15.9 Å². The van der Waals surface area contributed by atoms with Gasteiger partial charge in [-0.25, -0.2) is 4.98 Å². The van der Waals surface area contributed by atoms with E-state index in [2.05, 4.69) is 43.5 Å². The molecule has 0 bridgehead atoms. The fourth-order valence-corrected chi connectivity index (χ4v) is 1.83. The van der Waals surface area contributed by atoms with Gasteiger partial charge in [0.05, 0.1) is 6.54 Å². The maximum atomic E-state index is 4.03.